The molecule has 0 radical (unpaired) electrons. The van der Waals surface area contributed by atoms with Gasteiger partial charge in [-0.1, -0.05) is 35.3 Å². The number of hydrogen-bond donors (Lipinski definition) is 1. The Kier molecular flexibility index (Phi) is 4.98. The molecule has 1 aromatic heterocycles. The van der Waals surface area contributed by atoms with Crippen molar-refractivity contribution in [2.45, 2.75) is 6.92 Å². The highest BCUT2D eigenvalue weighted by molar-refractivity contribution is 6.33. The standard InChI is InChI=1S/C20H20Cl2N4/c1-2-25-9-11-26(12-10-25)20-16-8-7-14(21)13-18(16)23-19(24-20)15-5-3-4-6-17(15)22/h3-8,13H,2,9-12H2,1H3/p+1. The number of benzene rings is 2. The molecule has 1 N–H and O–H groups in total. The Morgan fingerprint density at radius 2 is 1.81 bits per heavy atom. The lowest BCUT2D eigenvalue weighted by atomic mass is 10.1. The summed E-state index contributed by atoms with van der Waals surface area (Å²) in [6.07, 6.45) is 0. The number of piperazine rings is 1. The van der Waals surface area contributed by atoms with E-state index in [1.165, 1.54) is 6.54 Å². The number of fused-ring (bicyclic) bond motifs is 1. The van der Waals surface area contributed by atoms with Crippen molar-refractivity contribution in [3.05, 3.63) is 52.5 Å². The number of rotatable bonds is 3. The lowest BCUT2D eigenvalue weighted by molar-refractivity contribution is -0.898. The van der Waals surface area contributed by atoms with Gasteiger partial charge in [0.25, 0.3) is 0 Å². The van der Waals surface area contributed by atoms with Gasteiger partial charge >= 0.3 is 0 Å². The summed E-state index contributed by atoms with van der Waals surface area (Å²) in [7, 11) is 0. The average Bonchev–Trinajstić information content (AvgIpc) is 2.67. The minimum absolute atomic E-state index is 0.644. The van der Waals surface area contributed by atoms with Gasteiger partial charge in [0, 0.05) is 16.0 Å². The SMILES string of the molecule is CC[NH+]1CCN(c2nc(-c3ccccc3Cl)nc3cc(Cl)ccc23)CC1. The maximum Gasteiger partial charge on any atom is 0.163 e. The summed E-state index contributed by atoms with van der Waals surface area (Å²) in [5, 5.41) is 2.36. The minimum atomic E-state index is 0.644. The smallest absolute Gasteiger partial charge is 0.163 e. The molecule has 6 heteroatoms. The van der Waals surface area contributed by atoms with Crippen molar-refractivity contribution in [2.24, 2.45) is 0 Å². The molecule has 26 heavy (non-hydrogen) atoms. The number of halogens is 2. The fourth-order valence-corrected chi connectivity index (χ4v) is 3.86. The van der Waals surface area contributed by atoms with E-state index in [1.54, 1.807) is 4.90 Å². The molecule has 2 heterocycles. The van der Waals surface area contributed by atoms with Gasteiger partial charge in [-0.25, -0.2) is 9.97 Å². The van der Waals surface area contributed by atoms with E-state index in [9.17, 15) is 0 Å². The van der Waals surface area contributed by atoms with Crippen LogP contribution in [-0.2, 0) is 0 Å². The normalized spacial score (nSPS) is 15.6. The predicted molar refractivity (Wildman–Crippen MR) is 108 cm³/mol. The summed E-state index contributed by atoms with van der Waals surface area (Å²) in [5.41, 5.74) is 1.69. The van der Waals surface area contributed by atoms with E-state index >= 15 is 0 Å². The first-order valence-corrected chi connectivity index (χ1v) is 9.72. The fourth-order valence-electron chi connectivity index (χ4n) is 3.48. The number of quaternary nitrogens is 1. The summed E-state index contributed by atoms with van der Waals surface area (Å²) in [6, 6.07) is 13.5. The number of anilines is 1. The Labute approximate surface area is 163 Å². The van der Waals surface area contributed by atoms with E-state index in [4.69, 9.17) is 33.2 Å². The molecule has 2 aromatic carbocycles. The molecule has 4 nitrogen and oxygen atoms in total. The van der Waals surface area contributed by atoms with Crippen LogP contribution in [0.5, 0.6) is 0 Å². The maximum absolute atomic E-state index is 6.39. The summed E-state index contributed by atoms with van der Waals surface area (Å²) < 4.78 is 0. The first-order chi connectivity index (χ1) is 12.7. The van der Waals surface area contributed by atoms with Crippen LogP contribution in [0.15, 0.2) is 42.5 Å². The monoisotopic (exact) mass is 387 g/mol. The van der Waals surface area contributed by atoms with E-state index in [0.29, 0.717) is 15.9 Å². The van der Waals surface area contributed by atoms with Gasteiger partial charge in [-0.3, -0.25) is 0 Å². The summed E-state index contributed by atoms with van der Waals surface area (Å²) >= 11 is 12.6. The highest BCUT2D eigenvalue weighted by atomic mass is 35.5. The van der Waals surface area contributed by atoms with Crippen LogP contribution in [-0.4, -0.2) is 42.7 Å². The average molecular weight is 388 g/mol. The summed E-state index contributed by atoms with van der Waals surface area (Å²) in [5.74, 6) is 1.61. The molecule has 0 bridgehead atoms. The third-order valence-electron chi connectivity index (χ3n) is 5.02. The second-order valence-corrected chi connectivity index (χ2v) is 7.45. The number of nitrogens with zero attached hydrogens (tertiary/aromatic N) is 3. The highest BCUT2D eigenvalue weighted by Crippen LogP contribution is 2.32. The highest BCUT2D eigenvalue weighted by Gasteiger charge is 2.23. The molecule has 3 aromatic rings. The second kappa shape index (κ2) is 7.39. The van der Waals surface area contributed by atoms with Gasteiger partial charge in [0.05, 0.1) is 43.3 Å². The number of hydrogen-bond acceptors (Lipinski definition) is 3. The van der Waals surface area contributed by atoms with Crippen LogP contribution < -0.4 is 9.80 Å². The lowest BCUT2D eigenvalue weighted by Crippen LogP contribution is -3.14. The van der Waals surface area contributed by atoms with Gasteiger partial charge in [0.2, 0.25) is 0 Å². The van der Waals surface area contributed by atoms with Crippen LogP contribution in [0.1, 0.15) is 6.92 Å². The Bertz CT molecular complexity index is 936. The summed E-state index contributed by atoms with van der Waals surface area (Å²) in [4.78, 5) is 13.6. The van der Waals surface area contributed by atoms with Crippen molar-refractivity contribution in [2.75, 3.05) is 37.6 Å². The van der Waals surface area contributed by atoms with Gasteiger partial charge in [0.1, 0.15) is 5.82 Å². The van der Waals surface area contributed by atoms with Crippen LogP contribution in [0.25, 0.3) is 22.3 Å². The van der Waals surface area contributed by atoms with E-state index in [1.807, 2.05) is 42.5 Å². The molecule has 0 unspecified atom stereocenters. The van der Waals surface area contributed by atoms with Gasteiger partial charge in [-0.15, -0.1) is 0 Å². The zero-order chi connectivity index (χ0) is 18.1. The second-order valence-electron chi connectivity index (χ2n) is 6.60. The van der Waals surface area contributed by atoms with Gasteiger partial charge in [-0.05, 0) is 37.3 Å². The fraction of sp³-hybridized carbons (Fsp3) is 0.300. The zero-order valence-corrected chi connectivity index (χ0v) is 16.2. The van der Waals surface area contributed by atoms with Crippen molar-refractivity contribution in [1.29, 1.82) is 0 Å². The van der Waals surface area contributed by atoms with Gasteiger partial charge < -0.3 is 9.80 Å². The van der Waals surface area contributed by atoms with E-state index in [-0.39, 0.29) is 0 Å². The molecule has 1 aliphatic rings. The topological polar surface area (TPSA) is 33.5 Å². The number of nitrogens with one attached hydrogen (secondary N) is 1. The molecule has 4 rings (SSSR count). The van der Waals surface area contributed by atoms with Gasteiger partial charge in [-0.2, -0.15) is 0 Å². The molecule has 1 saturated heterocycles. The van der Waals surface area contributed by atoms with E-state index < -0.39 is 0 Å². The molecule has 1 aliphatic heterocycles. The third-order valence-corrected chi connectivity index (χ3v) is 5.59. The Balaban J connectivity index is 1.84. The van der Waals surface area contributed by atoms with Crippen molar-refractivity contribution >= 4 is 39.9 Å². The van der Waals surface area contributed by atoms with Crippen LogP contribution >= 0.6 is 23.2 Å². The maximum atomic E-state index is 6.39. The van der Waals surface area contributed by atoms with Crippen LogP contribution in [0.4, 0.5) is 5.82 Å². The van der Waals surface area contributed by atoms with Crippen molar-refractivity contribution in [3.8, 4) is 11.4 Å². The van der Waals surface area contributed by atoms with Crippen molar-refractivity contribution < 1.29 is 4.90 Å². The lowest BCUT2D eigenvalue weighted by Gasteiger charge is -2.33. The Hall–Kier alpha value is -1.88. The minimum Gasteiger partial charge on any atom is -0.345 e. The molecule has 134 valence electrons. The molecule has 0 atom stereocenters. The van der Waals surface area contributed by atoms with Crippen LogP contribution in [0.2, 0.25) is 10.0 Å². The molecule has 0 saturated carbocycles. The van der Waals surface area contributed by atoms with Gasteiger partial charge in [0.15, 0.2) is 5.82 Å². The van der Waals surface area contributed by atoms with Crippen molar-refractivity contribution in [3.63, 3.8) is 0 Å². The molecule has 1 fully saturated rings. The van der Waals surface area contributed by atoms with Crippen molar-refractivity contribution in [1.82, 2.24) is 9.97 Å². The number of aromatic nitrogens is 2. The largest absolute Gasteiger partial charge is 0.345 e. The quantitative estimate of drug-likeness (QED) is 0.748. The van der Waals surface area contributed by atoms with Crippen LogP contribution in [0.3, 0.4) is 0 Å². The van der Waals surface area contributed by atoms with Crippen LogP contribution in [0, 0.1) is 0 Å². The Morgan fingerprint density at radius 1 is 1.04 bits per heavy atom. The molecular weight excluding hydrogens is 367 g/mol. The molecule has 0 aliphatic carbocycles. The molecule has 0 amide bonds. The predicted octanol–water partition coefficient (Wildman–Crippen LogP) is 3.33. The van der Waals surface area contributed by atoms with E-state index in [2.05, 4.69) is 11.8 Å². The Morgan fingerprint density at radius 3 is 2.54 bits per heavy atom. The first kappa shape index (κ1) is 17.5. The first-order valence-electron chi connectivity index (χ1n) is 8.96. The van der Waals surface area contributed by atoms with E-state index in [0.717, 1.165) is 48.5 Å². The zero-order valence-electron chi connectivity index (χ0n) is 14.7. The summed E-state index contributed by atoms with van der Waals surface area (Å²) in [6.45, 7) is 7.62. The molecular formula is C20H21Cl2N4+. The third kappa shape index (κ3) is 3.37. The molecule has 0 spiro atoms. The number of likely N-dealkylation sites (N-methyl/N-ethyl adjacent to an activating group) is 1.